The van der Waals surface area contributed by atoms with Crippen LogP contribution >= 0.6 is 0 Å². The lowest BCUT2D eigenvalue weighted by atomic mass is 10.2. The monoisotopic (exact) mass is 318 g/mol. The molecule has 1 aliphatic heterocycles. The average Bonchev–Trinajstić information content (AvgIpc) is 2.84. The molecular formula is C13H10N4O4S. The molecule has 9 heteroatoms. The Morgan fingerprint density at radius 3 is 2.64 bits per heavy atom. The molecule has 8 nitrogen and oxygen atoms in total. The summed E-state index contributed by atoms with van der Waals surface area (Å²) in [5.74, 6) is -1.46. The smallest absolute Gasteiger partial charge is 0.284 e. The van der Waals surface area contributed by atoms with E-state index in [-0.39, 0.29) is 21.3 Å². The van der Waals surface area contributed by atoms with Crippen molar-refractivity contribution in [3.8, 4) is 0 Å². The maximum atomic E-state index is 12.3. The van der Waals surface area contributed by atoms with Crippen LogP contribution in [0.25, 0.3) is 6.08 Å². The van der Waals surface area contributed by atoms with E-state index in [1.165, 1.54) is 28.9 Å². The van der Waals surface area contributed by atoms with Gasteiger partial charge in [-0.2, -0.15) is 5.10 Å². The average molecular weight is 318 g/mol. The number of nitrogens with one attached hydrogen (secondary N) is 1. The minimum atomic E-state index is -3.85. The first-order valence-corrected chi connectivity index (χ1v) is 7.65. The fourth-order valence-electron chi connectivity index (χ4n) is 1.95. The summed E-state index contributed by atoms with van der Waals surface area (Å²) < 4.78 is 28.4. The molecule has 22 heavy (non-hydrogen) atoms. The zero-order chi connectivity index (χ0) is 15.9. The first kappa shape index (κ1) is 14.1. The molecule has 2 heterocycles. The topological polar surface area (TPSA) is 110 Å². The van der Waals surface area contributed by atoms with Gasteiger partial charge in [0.1, 0.15) is 0 Å². The van der Waals surface area contributed by atoms with Gasteiger partial charge in [-0.15, -0.1) is 0 Å². The van der Waals surface area contributed by atoms with Gasteiger partial charge in [0.05, 0.1) is 10.3 Å². The standard InChI is InChI=1S/C13H10N4O4S/c1-17-5-4-12(15-17)16-22(20,21)9-2-3-10-8(6-9)7-11(18)13(19)14-10/h2-7H,1H3,(H,15,16). The summed E-state index contributed by atoms with van der Waals surface area (Å²) >= 11 is 0. The zero-order valence-electron chi connectivity index (χ0n) is 11.3. The lowest BCUT2D eigenvalue weighted by molar-refractivity contribution is -0.132. The van der Waals surface area contributed by atoms with Crippen molar-refractivity contribution in [2.75, 3.05) is 4.72 Å². The second-order valence-corrected chi connectivity index (χ2v) is 6.31. The zero-order valence-corrected chi connectivity index (χ0v) is 12.2. The van der Waals surface area contributed by atoms with Crippen molar-refractivity contribution in [3.05, 3.63) is 41.0 Å². The third-order valence-corrected chi connectivity index (χ3v) is 4.33. The van der Waals surface area contributed by atoms with Gasteiger partial charge in [-0.3, -0.25) is 19.0 Å². The molecule has 0 radical (unpaired) electrons. The Kier molecular flexibility index (Phi) is 3.14. The Hall–Kier alpha value is -2.81. The number of hydrogen-bond acceptors (Lipinski definition) is 5. The second kappa shape index (κ2) is 4.88. The summed E-state index contributed by atoms with van der Waals surface area (Å²) in [5.41, 5.74) is 0. The number of aromatic nitrogens is 2. The van der Waals surface area contributed by atoms with Crippen LogP contribution in [0.2, 0.25) is 0 Å². The molecule has 0 aliphatic carbocycles. The van der Waals surface area contributed by atoms with Crippen molar-refractivity contribution in [1.82, 2.24) is 9.78 Å². The van der Waals surface area contributed by atoms with Gasteiger partial charge in [-0.25, -0.2) is 13.4 Å². The van der Waals surface area contributed by atoms with Crippen molar-refractivity contribution >= 4 is 33.6 Å². The molecule has 1 N–H and O–H groups in total. The molecule has 2 aromatic rings. The number of aryl methyl sites for hydroxylation is 1. The number of nitrogens with zero attached hydrogens (tertiary/aromatic N) is 3. The van der Waals surface area contributed by atoms with E-state index in [1.54, 1.807) is 13.2 Å². The number of carbonyl (C=O) groups is 2. The molecule has 1 aliphatic rings. The Morgan fingerprint density at radius 2 is 1.95 bits per heavy atom. The Balaban J connectivity index is 2.05. The van der Waals surface area contributed by atoms with E-state index in [1.807, 2.05) is 0 Å². The van der Waals surface area contributed by atoms with E-state index in [0.717, 1.165) is 6.08 Å². The van der Waals surface area contributed by atoms with E-state index >= 15 is 0 Å². The summed E-state index contributed by atoms with van der Waals surface area (Å²) in [6.07, 6.45) is 2.67. The van der Waals surface area contributed by atoms with Crippen LogP contribution in [0.3, 0.4) is 0 Å². The SMILES string of the molecule is Cn1ccc(NS(=O)(=O)c2ccc3c(c2)=CC(=O)C(=O)N=3)n1. The first-order valence-electron chi connectivity index (χ1n) is 6.16. The highest BCUT2D eigenvalue weighted by Crippen LogP contribution is 2.11. The number of benzene rings is 1. The normalized spacial score (nSPS) is 14.0. The van der Waals surface area contributed by atoms with Gasteiger partial charge < -0.3 is 0 Å². The van der Waals surface area contributed by atoms with Crippen molar-refractivity contribution in [1.29, 1.82) is 0 Å². The highest BCUT2D eigenvalue weighted by Gasteiger charge is 2.18. The quantitative estimate of drug-likeness (QED) is 0.710. The molecule has 0 spiro atoms. The Labute approximate surface area is 124 Å². The summed E-state index contributed by atoms with van der Waals surface area (Å²) in [6, 6.07) is 5.49. The molecule has 3 rings (SSSR count). The fraction of sp³-hybridized carbons (Fsp3) is 0.0769. The summed E-state index contributed by atoms with van der Waals surface area (Å²) in [6.45, 7) is 0. The maximum absolute atomic E-state index is 12.3. The molecule has 0 unspecified atom stereocenters. The third kappa shape index (κ3) is 2.53. The van der Waals surface area contributed by atoms with Gasteiger partial charge >= 0.3 is 5.91 Å². The van der Waals surface area contributed by atoms with Gasteiger partial charge in [0, 0.05) is 30.6 Å². The molecular weight excluding hydrogens is 308 g/mol. The third-order valence-electron chi connectivity index (χ3n) is 2.98. The van der Waals surface area contributed by atoms with Crippen LogP contribution in [-0.4, -0.2) is 29.9 Å². The van der Waals surface area contributed by atoms with E-state index in [0.29, 0.717) is 0 Å². The number of hydrogen-bond donors (Lipinski definition) is 1. The molecule has 1 amide bonds. The Bertz CT molecular complexity index is 1020. The van der Waals surface area contributed by atoms with Gasteiger partial charge in [0.25, 0.3) is 10.0 Å². The molecule has 1 aromatic heterocycles. The number of carbonyl (C=O) groups excluding carboxylic acids is 2. The predicted molar refractivity (Wildman–Crippen MR) is 75.7 cm³/mol. The maximum Gasteiger partial charge on any atom is 0.317 e. The van der Waals surface area contributed by atoms with Crippen molar-refractivity contribution in [3.63, 3.8) is 0 Å². The molecule has 112 valence electrons. The molecule has 1 aromatic carbocycles. The highest BCUT2D eigenvalue weighted by molar-refractivity contribution is 7.92. The predicted octanol–water partition coefficient (Wildman–Crippen LogP) is -1.27. The molecule has 0 saturated heterocycles. The number of fused-ring (bicyclic) bond motifs is 1. The van der Waals surface area contributed by atoms with Crippen LogP contribution in [0.4, 0.5) is 5.82 Å². The van der Waals surface area contributed by atoms with Gasteiger partial charge in [0.2, 0.25) is 5.78 Å². The number of Topliss-reactive ketones (excluding diaryl/α,β-unsaturated/α-hetero) is 1. The largest absolute Gasteiger partial charge is 0.317 e. The van der Waals surface area contributed by atoms with Crippen LogP contribution in [0, 0.1) is 0 Å². The van der Waals surface area contributed by atoms with Crippen LogP contribution in [0.1, 0.15) is 0 Å². The van der Waals surface area contributed by atoms with E-state index in [4.69, 9.17) is 0 Å². The van der Waals surface area contributed by atoms with Crippen LogP contribution in [0.15, 0.2) is 40.4 Å². The minimum absolute atomic E-state index is 0.0505. The number of anilines is 1. The second-order valence-electron chi connectivity index (χ2n) is 4.63. The summed E-state index contributed by atoms with van der Waals surface area (Å²) in [4.78, 5) is 26.1. The number of rotatable bonds is 3. The van der Waals surface area contributed by atoms with E-state index < -0.39 is 21.7 Å². The lowest BCUT2D eigenvalue weighted by Crippen LogP contribution is -2.34. The van der Waals surface area contributed by atoms with Gasteiger partial charge in [-0.05, 0) is 18.2 Å². The Morgan fingerprint density at radius 1 is 1.18 bits per heavy atom. The van der Waals surface area contributed by atoms with Gasteiger partial charge in [0.15, 0.2) is 5.82 Å². The van der Waals surface area contributed by atoms with Crippen LogP contribution in [0.5, 0.6) is 0 Å². The van der Waals surface area contributed by atoms with Gasteiger partial charge in [-0.1, -0.05) is 0 Å². The number of sulfonamides is 1. The number of ketones is 1. The molecule has 0 saturated carbocycles. The van der Waals surface area contributed by atoms with E-state index in [9.17, 15) is 18.0 Å². The minimum Gasteiger partial charge on any atom is -0.284 e. The molecule has 0 fully saturated rings. The molecule has 0 atom stereocenters. The number of amides is 1. The van der Waals surface area contributed by atoms with Crippen LogP contribution in [-0.2, 0) is 26.7 Å². The fourth-order valence-corrected chi connectivity index (χ4v) is 2.98. The highest BCUT2D eigenvalue weighted by atomic mass is 32.2. The van der Waals surface area contributed by atoms with Crippen molar-refractivity contribution in [2.24, 2.45) is 12.0 Å². The van der Waals surface area contributed by atoms with Crippen molar-refractivity contribution in [2.45, 2.75) is 4.90 Å². The lowest BCUT2D eigenvalue weighted by Gasteiger charge is -2.06. The van der Waals surface area contributed by atoms with E-state index in [2.05, 4.69) is 14.8 Å². The first-order chi connectivity index (χ1) is 10.3. The molecule has 0 bridgehead atoms. The van der Waals surface area contributed by atoms with Crippen LogP contribution < -0.4 is 15.3 Å². The summed E-state index contributed by atoms with van der Waals surface area (Å²) in [7, 11) is -2.19. The summed E-state index contributed by atoms with van der Waals surface area (Å²) in [5, 5.41) is 4.48. The van der Waals surface area contributed by atoms with Crippen molar-refractivity contribution < 1.29 is 18.0 Å².